The maximum atomic E-state index is 9.25. The number of rotatable bonds is 6. The van der Waals surface area contributed by atoms with Gasteiger partial charge in [-0.15, -0.1) is 0 Å². The quantitative estimate of drug-likeness (QED) is 0.709. The van der Waals surface area contributed by atoms with Crippen molar-refractivity contribution in [3.63, 3.8) is 0 Å². The summed E-state index contributed by atoms with van der Waals surface area (Å²) in [5.74, 6) is 1.13. The second-order valence-corrected chi connectivity index (χ2v) is 5.39. The molecule has 0 aliphatic carbocycles. The Kier molecular flexibility index (Phi) is 6.64. The number of hydrogen-bond acceptors (Lipinski definition) is 4. The smallest absolute Gasteiger partial charge is 0.0585 e. The highest BCUT2D eigenvalue weighted by atomic mass is 32.2. The van der Waals surface area contributed by atoms with Crippen molar-refractivity contribution >= 4 is 11.8 Å². The zero-order valence-corrected chi connectivity index (χ0v) is 10.7. The number of thioether (sulfide) groups is 1. The number of aliphatic hydroxyl groups excluding tert-OH is 1. The molecule has 1 saturated heterocycles. The first-order valence-corrected chi connectivity index (χ1v) is 7.20. The van der Waals surface area contributed by atoms with Gasteiger partial charge in [0, 0.05) is 12.1 Å². The van der Waals surface area contributed by atoms with Crippen LogP contribution < -0.4 is 5.32 Å². The molecular weight excluding hydrogens is 208 g/mol. The van der Waals surface area contributed by atoms with E-state index in [1.165, 1.54) is 25.9 Å². The van der Waals surface area contributed by atoms with Crippen molar-refractivity contribution in [2.75, 3.05) is 38.8 Å². The van der Waals surface area contributed by atoms with E-state index in [0.717, 1.165) is 12.2 Å². The Morgan fingerprint density at radius 1 is 1.47 bits per heavy atom. The predicted molar refractivity (Wildman–Crippen MR) is 67.5 cm³/mol. The standard InChI is InChI=1S/C11H24N2OS/c1-13-6-3-10(4-7-13)12-11(9-14)5-8-15-2/h10-12,14H,3-9H2,1-2H3. The van der Waals surface area contributed by atoms with Crippen LogP contribution in [0.15, 0.2) is 0 Å². The first-order valence-electron chi connectivity index (χ1n) is 5.80. The molecule has 0 radical (unpaired) electrons. The lowest BCUT2D eigenvalue weighted by Crippen LogP contribution is -2.46. The molecular formula is C11H24N2OS. The molecule has 0 saturated carbocycles. The van der Waals surface area contributed by atoms with Crippen molar-refractivity contribution in [3.05, 3.63) is 0 Å². The van der Waals surface area contributed by atoms with E-state index in [2.05, 4.69) is 23.5 Å². The molecule has 15 heavy (non-hydrogen) atoms. The van der Waals surface area contributed by atoms with Crippen LogP contribution in [0, 0.1) is 0 Å². The topological polar surface area (TPSA) is 35.5 Å². The van der Waals surface area contributed by atoms with Crippen LogP contribution in [-0.4, -0.2) is 60.8 Å². The normalized spacial score (nSPS) is 21.8. The molecule has 0 aromatic carbocycles. The second kappa shape index (κ2) is 7.49. The van der Waals surface area contributed by atoms with Crippen LogP contribution in [0.3, 0.4) is 0 Å². The van der Waals surface area contributed by atoms with Gasteiger partial charge in [-0.05, 0) is 51.4 Å². The van der Waals surface area contributed by atoms with Crippen LogP contribution in [0.4, 0.5) is 0 Å². The fraction of sp³-hybridized carbons (Fsp3) is 1.00. The van der Waals surface area contributed by atoms with Crippen molar-refractivity contribution in [1.82, 2.24) is 10.2 Å². The van der Waals surface area contributed by atoms with Crippen LogP contribution in [0.2, 0.25) is 0 Å². The van der Waals surface area contributed by atoms with Crippen LogP contribution in [0.25, 0.3) is 0 Å². The Bertz CT molecular complexity index is 158. The molecule has 1 heterocycles. The maximum absolute atomic E-state index is 9.25. The average molecular weight is 232 g/mol. The third kappa shape index (κ3) is 5.20. The van der Waals surface area contributed by atoms with E-state index in [1.54, 1.807) is 0 Å². The Hall–Kier alpha value is 0.230. The van der Waals surface area contributed by atoms with Gasteiger partial charge in [0.05, 0.1) is 6.61 Å². The molecule has 3 nitrogen and oxygen atoms in total. The number of likely N-dealkylation sites (tertiary alicyclic amines) is 1. The highest BCUT2D eigenvalue weighted by molar-refractivity contribution is 7.98. The van der Waals surface area contributed by atoms with E-state index < -0.39 is 0 Å². The predicted octanol–water partition coefficient (Wildman–Crippen LogP) is 0.784. The molecule has 4 heteroatoms. The van der Waals surface area contributed by atoms with E-state index in [9.17, 15) is 5.11 Å². The molecule has 1 unspecified atom stereocenters. The number of nitrogens with zero attached hydrogens (tertiary/aromatic N) is 1. The summed E-state index contributed by atoms with van der Waals surface area (Å²) < 4.78 is 0. The molecule has 1 aliphatic heterocycles. The van der Waals surface area contributed by atoms with Crippen LogP contribution in [0.5, 0.6) is 0 Å². The van der Waals surface area contributed by atoms with Gasteiger partial charge in [0.1, 0.15) is 0 Å². The SMILES string of the molecule is CSCCC(CO)NC1CCN(C)CC1. The van der Waals surface area contributed by atoms with Gasteiger partial charge >= 0.3 is 0 Å². The van der Waals surface area contributed by atoms with E-state index in [0.29, 0.717) is 12.1 Å². The lowest BCUT2D eigenvalue weighted by molar-refractivity contribution is 0.188. The Balaban J connectivity index is 2.19. The van der Waals surface area contributed by atoms with Gasteiger partial charge in [0.2, 0.25) is 0 Å². The third-order valence-corrected chi connectivity index (χ3v) is 3.72. The van der Waals surface area contributed by atoms with Crippen molar-refractivity contribution in [2.45, 2.75) is 31.3 Å². The summed E-state index contributed by atoms with van der Waals surface area (Å²) in [6, 6.07) is 0.908. The molecule has 1 atom stereocenters. The van der Waals surface area contributed by atoms with Crippen molar-refractivity contribution < 1.29 is 5.11 Å². The second-order valence-electron chi connectivity index (χ2n) is 4.41. The van der Waals surface area contributed by atoms with Gasteiger partial charge in [-0.2, -0.15) is 11.8 Å². The third-order valence-electron chi connectivity index (χ3n) is 3.08. The molecule has 0 aromatic heterocycles. The van der Waals surface area contributed by atoms with E-state index in [1.807, 2.05) is 11.8 Å². The highest BCUT2D eigenvalue weighted by Crippen LogP contribution is 2.10. The zero-order chi connectivity index (χ0) is 11.1. The Morgan fingerprint density at radius 3 is 2.67 bits per heavy atom. The summed E-state index contributed by atoms with van der Waals surface area (Å²) in [6.07, 6.45) is 5.62. The molecule has 90 valence electrons. The molecule has 1 fully saturated rings. The molecule has 0 amide bonds. The summed E-state index contributed by atoms with van der Waals surface area (Å²) >= 11 is 1.85. The highest BCUT2D eigenvalue weighted by Gasteiger charge is 2.19. The van der Waals surface area contributed by atoms with Gasteiger partial charge in [0.15, 0.2) is 0 Å². The molecule has 0 aromatic rings. The van der Waals surface area contributed by atoms with E-state index >= 15 is 0 Å². The van der Waals surface area contributed by atoms with Gasteiger partial charge in [-0.1, -0.05) is 0 Å². The average Bonchev–Trinajstić information content (AvgIpc) is 2.27. The largest absolute Gasteiger partial charge is 0.395 e. The molecule has 1 rings (SSSR count). The van der Waals surface area contributed by atoms with Crippen LogP contribution in [0.1, 0.15) is 19.3 Å². The van der Waals surface area contributed by atoms with Crippen molar-refractivity contribution in [3.8, 4) is 0 Å². The fourth-order valence-electron chi connectivity index (χ4n) is 2.00. The first kappa shape index (κ1) is 13.3. The minimum Gasteiger partial charge on any atom is -0.395 e. The van der Waals surface area contributed by atoms with Crippen LogP contribution in [-0.2, 0) is 0 Å². The minimum atomic E-state index is 0.271. The summed E-state index contributed by atoms with van der Waals surface area (Å²) in [5.41, 5.74) is 0. The number of piperidine rings is 1. The monoisotopic (exact) mass is 232 g/mol. The van der Waals surface area contributed by atoms with E-state index in [-0.39, 0.29) is 6.61 Å². The van der Waals surface area contributed by atoms with Gasteiger partial charge in [-0.25, -0.2) is 0 Å². The van der Waals surface area contributed by atoms with Gasteiger partial charge in [0.25, 0.3) is 0 Å². The minimum absolute atomic E-state index is 0.271. The number of hydrogen-bond donors (Lipinski definition) is 2. The lowest BCUT2D eigenvalue weighted by Gasteiger charge is -2.32. The first-order chi connectivity index (χ1) is 7.26. The Morgan fingerprint density at radius 2 is 2.13 bits per heavy atom. The molecule has 0 bridgehead atoms. The Labute approximate surface area is 97.6 Å². The summed E-state index contributed by atoms with van der Waals surface area (Å²) in [5, 5.41) is 12.8. The number of aliphatic hydroxyl groups is 1. The van der Waals surface area contributed by atoms with Crippen molar-refractivity contribution in [2.24, 2.45) is 0 Å². The fourth-order valence-corrected chi connectivity index (χ4v) is 2.52. The van der Waals surface area contributed by atoms with Crippen molar-refractivity contribution in [1.29, 1.82) is 0 Å². The molecule has 0 spiro atoms. The maximum Gasteiger partial charge on any atom is 0.0585 e. The van der Waals surface area contributed by atoms with Gasteiger partial charge < -0.3 is 15.3 Å². The molecule has 2 N–H and O–H groups in total. The summed E-state index contributed by atoms with van der Waals surface area (Å²) in [4.78, 5) is 2.37. The van der Waals surface area contributed by atoms with Gasteiger partial charge in [-0.3, -0.25) is 0 Å². The number of nitrogens with one attached hydrogen (secondary N) is 1. The zero-order valence-electron chi connectivity index (χ0n) is 9.91. The van der Waals surface area contributed by atoms with Crippen LogP contribution >= 0.6 is 11.8 Å². The van der Waals surface area contributed by atoms with E-state index in [4.69, 9.17) is 0 Å². The lowest BCUT2D eigenvalue weighted by atomic mass is 10.0. The summed E-state index contributed by atoms with van der Waals surface area (Å²) in [7, 11) is 2.17. The summed E-state index contributed by atoms with van der Waals surface area (Å²) in [6.45, 7) is 2.63. The molecule has 1 aliphatic rings.